The van der Waals surface area contributed by atoms with Crippen LogP contribution in [0.15, 0.2) is 30.3 Å². The topological polar surface area (TPSA) is 64.6 Å². The van der Waals surface area contributed by atoms with Crippen LogP contribution in [0, 0.1) is 11.3 Å². The molecular formula is C22H33NO4. The molecule has 1 fully saturated rings. The number of esters is 1. The Morgan fingerprint density at radius 3 is 2.30 bits per heavy atom. The monoisotopic (exact) mass is 375 g/mol. The number of carbonyl (C=O) groups is 2. The fraction of sp³-hybridized carbons (Fsp3) is 0.636. The molecule has 1 amide bonds. The zero-order valence-electron chi connectivity index (χ0n) is 17.0. The minimum absolute atomic E-state index is 0.275. The summed E-state index contributed by atoms with van der Waals surface area (Å²) in [4.78, 5) is 24.8. The van der Waals surface area contributed by atoms with Gasteiger partial charge in [-0.25, -0.2) is 9.59 Å². The first kappa shape index (κ1) is 21.3. The minimum atomic E-state index is -0.665. The number of amides is 1. The van der Waals surface area contributed by atoms with Crippen molar-refractivity contribution in [2.45, 2.75) is 71.4 Å². The molecule has 2 unspecified atom stereocenters. The van der Waals surface area contributed by atoms with E-state index < -0.39 is 24.2 Å². The molecule has 0 aromatic heterocycles. The molecule has 27 heavy (non-hydrogen) atoms. The minimum Gasteiger partial charge on any atom is -0.467 e. The van der Waals surface area contributed by atoms with Gasteiger partial charge in [0.25, 0.3) is 0 Å². The summed E-state index contributed by atoms with van der Waals surface area (Å²) in [6.45, 7) is 6.08. The second-order valence-corrected chi connectivity index (χ2v) is 8.52. The number of nitrogens with one attached hydrogen (secondary N) is 1. The average Bonchev–Trinajstić information content (AvgIpc) is 2.65. The lowest BCUT2D eigenvalue weighted by Gasteiger charge is -2.31. The van der Waals surface area contributed by atoms with Gasteiger partial charge in [-0.3, -0.25) is 0 Å². The normalized spacial score (nSPS) is 17.6. The molecule has 2 atom stereocenters. The highest BCUT2D eigenvalue weighted by molar-refractivity contribution is 5.81. The Kier molecular flexibility index (Phi) is 7.69. The maximum Gasteiger partial charge on any atom is 0.408 e. The van der Waals surface area contributed by atoms with E-state index in [0.717, 1.165) is 18.4 Å². The number of alkyl carbamates (subject to hydrolysis) is 1. The van der Waals surface area contributed by atoms with Gasteiger partial charge in [-0.1, -0.05) is 83.2 Å². The Labute approximate surface area is 162 Å². The second-order valence-electron chi connectivity index (χ2n) is 8.52. The van der Waals surface area contributed by atoms with Gasteiger partial charge in [0, 0.05) is 5.41 Å². The number of benzene rings is 1. The summed E-state index contributed by atoms with van der Waals surface area (Å²) in [6, 6.07) is 9.01. The standard InChI is InChI=1S/C22H33NO4/c1-22(2,3)19(17-13-9-6-10-14-17)27-21(25)23-18(20(24)26-4)15-16-11-7-5-8-12-16/h6,9-10,13-14,16,18-19H,5,7-8,11-12,15H2,1-4H3,(H,23,25). The molecule has 150 valence electrons. The van der Waals surface area contributed by atoms with E-state index in [9.17, 15) is 9.59 Å². The second kappa shape index (κ2) is 9.77. The highest BCUT2D eigenvalue weighted by Gasteiger charge is 2.32. The van der Waals surface area contributed by atoms with Crippen LogP contribution in [-0.4, -0.2) is 25.2 Å². The van der Waals surface area contributed by atoms with Crippen molar-refractivity contribution in [3.63, 3.8) is 0 Å². The summed E-state index contributed by atoms with van der Waals surface area (Å²) in [7, 11) is 1.35. The summed E-state index contributed by atoms with van der Waals surface area (Å²) in [6.07, 6.45) is 5.42. The van der Waals surface area contributed by atoms with E-state index in [4.69, 9.17) is 9.47 Å². The summed E-state index contributed by atoms with van der Waals surface area (Å²) >= 11 is 0. The Morgan fingerprint density at radius 2 is 1.74 bits per heavy atom. The van der Waals surface area contributed by atoms with Crippen LogP contribution in [0.25, 0.3) is 0 Å². The fourth-order valence-corrected chi connectivity index (χ4v) is 3.77. The van der Waals surface area contributed by atoms with Crippen molar-refractivity contribution in [2.75, 3.05) is 7.11 Å². The molecule has 5 nitrogen and oxygen atoms in total. The molecule has 1 aliphatic rings. The zero-order chi connectivity index (χ0) is 19.9. The molecule has 1 aliphatic carbocycles. The van der Waals surface area contributed by atoms with Crippen molar-refractivity contribution < 1.29 is 19.1 Å². The van der Waals surface area contributed by atoms with Gasteiger partial charge in [0.1, 0.15) is 12.1 Å². The van der Waals surface area contributed by atoms with Crippen LogP contribution in [0.2, 0.25) is 0 Å². The highest BCUT2D eigenvalue weighted by Crippen LogP contribution is 2.36. The van der Waals surface area contributed by atoms with Crippen molar-refractivity contribution in [1.82, 2.24) is 5.32 Å². The van der Waals surface area contributed by atoms with Crippen molar-refractivity contribution in [2.24, 2.45) is 11.3 Å². The van der Waals surface area contributed by atoms with E-state index in [1.165, 1.54) is 26.4 Å². The van der Waals surface area contributed by atoms with E-state index in [1.807, 2.05) is 51.1 Å². The summed E-state index contributed by atoms with van der Waals surface area (Å²) < 4.78 is 10.7. The van der Waals surface area contributed by atoms with Gasteiger partial charge < -0.3 is 14.8 Å². The molecule has 0 saturated heterocycles. The van der Waals surface area contributed by atoms with Crippen LogP contribution in [0.1, 0.15) is 71.0 Å². The van der Waals surface area contributed by atoms with Crippen LogP contribution >= 0.6 is 0 Å². The van der Waals surface area contributed by atoms with E-state index in [-0.39, 0.29) is 5.41 Å². The first-order valence-electron chi connectivity index (χ1n) is 9.91. The van der Waals surface area contributed by atoms with Crippen LogP contribution in [0.5, 0.6) is 0 Å². The molecule has 1 N–H and O–H groups in total. The fourth-order valence-electron chi connectivity index (χ4n) is 3.77. The molecule has 0 spiro atoms. The summed E-state index contributed by atoms with van der Waals surface area (Å²) in [5.41, 5.74) is 0.657. The molecule has 1 aromatic carbocycles. The maximum absolute atomic E-state index is 12.6. The number of hydrogen-bond donors (Lipinski definition) is 1. The molecule has 5 heteroatoms. The quantitative estimate of drug-likeness (QED) is 0.710. The molecule has 1 aromatic rings. The number of carbonyl (C=O) groups excluding carboxylic acids is 2. The Hall–Kier alpha value is -2.04. The predicted octanol–water partition coefficient (Wildman–Crippen LogP) is 5.01. The molecule has 0 radical (unpaired) electrons. The van der Waals surface area contributed by atoms with Gasteiger partial charge in [-0.15, -0.1) is 0 Å². The van der Waals surface area contributed by atoms with Gasteiger partial charge >= 0.3 is 12.1 Å². The molecule has 0 bridgehead atoms. The Morgan fingerprint density at radius 1 is 1.11 bits per heavy atom. The molecular weight excluding hydrogens is 342 g/mol. The van der Waals surface area contributed by atoms with E-state index in [0.29, 0.717) is 12.3 Å². The van der Waals surface area contributed by atoms with Gasteiger partial charge in [-0.2, -0.15) is 0 Å². The van der Waals surface area contributed by atoms with Crippen LogP contribution in [0.3, 0.4) is 0 Å². The van der Waals surface area contributed by atoms with Gasteiger partial charge in [0.2, 0.25) is 0 Å². The average molecular weight is 376 g/mol. The summed E-state index contributed by atoms with van der Waals surface area (Å²) in [5, 5.41) is 2.75. The van der Waals surface area contributed by atoms with Crippen LogP contribution in [-0.2, 0) is 14.3 Å². The summed E-state index contributed by atoms with van der Waals surface area (Å²) in [5.74, 6) is 0.0280. The third kappa shape index (κ3) is 6.56. The third-order valence-corrected chi connectivity index (χ3v) is 5.19. The first-order chi connectivity index (χ1) is 12.8. The third-order valence-electron chi connectivity index (χ3n) is 5.19. The van der Waals surface area contributed by atoms with Crippen molar-refractivity contribution in [3.8, 4) is 0 Å². The van der Waals surface area contributed by atoms with Gasteiger partial charge in [-0.05, 0) is 17.9 Å². The first-order valence-corrected chi connectivity index (χ1v) is 9.91. The van der Waals surface area contributed by atoms with Gasteiger partial charge in [0.15, 0.2) is 0 Å². The molecule has 2 rings (SSSR count). The van der Waals surface area contributed by atoms with Crippen molar-refractivity contribution >= 4 is 12.1 Å². The van der Waals surface area contributed by atoms with Crippen molar-refractivity contribution in [1.29, 1.82) is 0 Å². The lowest BCUT2D eigenvalue weighted by molar-refractivity contribution is -0.143. The highest BCUT2D eigenvalue weighted by atomic mass is 16.6. The predicted molar refractivity (Wildman–Crippen MR) is 105 cm³/mol. The largest absolute Gasteiger partial charge is 0.467 e. The van der Waals surface area contributed by atoms with Gasteiger partial charge in [0.05, 0.1) is 7.11 Å². The van der Waals surface area contributed by atoms with Crippen LogP contribution < -0.4 is 5.32 Å². The molecule has 0 heterocycles. The number of rotatable bonds is 6. The lowest BCUT2D eigenvalue weighted by Crippen LogP contribution is -2.44. The molecule has 1 saturated carbocycles. The van der Waals surface area contributed by atoms with E-state index >= 15 is 0 Å². The maximum atomic E-state index is 12.6. The number of methoxy groups -OCH3 is 1. The van der Waals surface area contributed by atoms with E-state index in [2.05, 4.69) is 5.32 Å². The van der Waals surface area contributed by atoms with Crippen molar-refractivity contribution in [3.05, 3.63) is 35.9 Å². The zero-order valence-corrected chi connectivity index (χ0v) is 17.0. The number of hydrogen-bond acceptors (Lipinski definition) is 4. The number of ether oxygens (including phenoxy) is 2. The lowest BCUT2D eigenvalue weighted by atomic mass is 9.84. The smallest absolute Gasteiger partial charge is 0.408 e. The van der Waals surface area contributed by atoms with E-state index in [1.54, 1.807) is 0 Å². The SMILES string of the molecule is COC(=O)C(CC1CCCCC1)NC(=O)OC(c1ccccc1)C(C)(C)C. The Balaban J connectivity index is 2.05. The van der Waals surface area contributed by atoms with Crippen LogP contribution in [0.4, 0.5) is 4.79 Å². The Bertz CT molecular complexity index is 602. The molecule has 0 aliphatic heterocycles.